The van der Waals surface area contributed by atoms with Crippen LogP contribution in [0.4, 0.5) is 0 Å². The van der Waals surface area contributed by atoms with E-state index >= 15 is 0 Å². The number of aliphatic hydroxyl groups excluding tert-OH is 1. The molecule has 0 aromatic rings. The first-order valence-electron chi connectivity index (χ1n) is 18.8. The van der Waals surface area contributed by atoms with Crippen LogP contribution in [-0.2, 0) is 19.1 Å². The molecule has 0 aliphatic rings. The second-order valence-electron chi connectivity index (χ2n) is 12.3. The van der Waals surface area contributed by atoms with Crippen molar-refractivity contribution in [2.24, 2.45) is 0 Å². The van der Waals surface area contributed by atoms with Crippen LogP contribution in [0.3, 0.4) is 0 Å². The number of carbonyl (C=O) groups excluding carboxylic acids is 2. The van der Waals surface area contributed by atoms with Crippen molar-refractivity contribution in [3.8, 4) is 0 Å². The largest absolute Gasteiger partial charge is 0.462 e. The summed E-state index contributed by atoms with van der Waals surface area (Å²) < 4.78 is 10.5. The average Bonchev–Trinajstić information content (AvgIpc) is 3.06. The van der Waals surface area contributed by atoms with Gasteiger partial charge in [0.1, 0.15) is 6.61 Å². The fraction of sp³-hybridized carbons (Fsp3) is 0.707. The molecule has 1 N–H and O–H groups in total. The van der Waals surface area contributed by atoms with Gasteiger partial charge >= 0.3 is 11.9 Å². The van der Waals surface area contributed by atoms with Gasteiger partial charge in [0, 0.05) is 12.8 Å². The molecule has 0 aromatic heterocycles. The summed E-state index contributed by atoms with van der Waals surface area (Å²) >= 11 is 0. The van der Waals surface area contributed by atoms with E-state index in [4.69, 9.17) is 9.47 Å². The minimum atomic E-state index is -0.800. The van der Waals surface area contributed by atoms with Crippen molar-refractivity contribution >= 4 is 11.9 Å². The highest BCUT2D eigenvalue weighted by Gasteiger charge is 2.16. The summed E-state index contributed by atoms with van der Waals surface area (Å²) in [5.41, 5.74) is 0. The fourth-order valence-electron chi connectivity index (χ4n) is 4.89. The molecule has 0 rings (SSSR count). The van der Waals surface area contributed by atoms with Gasteiger partial charge in [-0.25, -0.2) is 0 Å². The number of unbranched alkanes of at least 4 members (excludes halogenated alkanes) is 15. The third-order valence-corrected chi connectivity index (χ3v) is 7.78. The molecule has 46 heavy (non-hydrogen) atoms. The molecule has 0 aromatic carbocycles. The highest BCUT2D eigenvalue weighted by atomic mass is 16.6. The van der Waals surface area contributed by atoms with Gasteiger partial charge in [-0.3, -0.25) is 9.59 Å². The van der Waals surface area contributed by atoms with Gasteiger partial charge in [-0.1, -0.05) is 139 Å². The van der Waals surface area contributed by atoms with Crippen molar-refractivity contribution in [1.82, 2.24) is 0 Å². The van der Waals surface area contributed by atoms with Crippen LogP contribution in [0.25, 0.3) is 0 Å². The van der Waals surface area contributed by atoms with Crippen LogP contribution in [0.5, 0.6) is 0 Å². The number of aliphatic hydroxyl groups is 1. The van der Waals surface area contributed by atoms with Crippen LogP contribution in [-0.4, -0.2) is 36.4 Å². The molecule has 0 aliphatic heterocycles. The maximum absolute atomic E-state index is 12.1. The van der Waals surface area contributed by atoms with Gasteiger partial charge < -0.3 is 14.6 Å². The zero-order valence-corrected chi connectivity index (χ0v) is 29.8. The Bertz CT molecular complexity index is 823. The lowest BCUT2D eigenvalue weighted by atomic mass is 10.1. The number of ether oxygens (including phenoxy) is 2. The molecular weight excluding hydrogens is 572 g/mol. The molecule has 5 nitrogen and oxygen atoms in total. The molecule has 264 valence electrons. The molecule has 0 heterocycles. The molecule has 0 saturated carbocycles. The number of hydrogen-bond acceptors (Lipinski definition) is 5. The zero-order valence-electron chi connectivity index (χ0n) is 29.8. The Morgan fingerprint density at radius 2 is 0.891 bits per heavy atom. The molecule has 0 fully saturated rings. The lowest BCUT2D eigenvalue weighted by molar-refractivity contribution is -0.161. The number of esters is 2. The lowest BCUT2D eigenvalue weighted by Gasteiger charge is -2.15. The summed E-state index contributed by atoms with van der Waals surface area (Å²) in [5, 5.41) is 9.53. The summed E-state index contributed by atoms with van der Waals surface area (Å²) in [6.07, 6.45) is 47.1. The van der Waals surface area contributed by atoms with Gasteiger partial charge in [-0.15, -0.1) is 0 Å². The molecule has 1 atom stereocenters. The Morgan fingerprint density at radius 3 is 1.41 bits per heavy atom. The van der Waals surface area contributed by atoms with Crippen LogP contribution in [0.15, 0.2) is 60.8 Å². The molecule has 0 amide bonds. The first-order valence-corrected chi connectivity index (χ1v) is 18.8. The van der Waals surface area contributed by atoms with Crippen LogP contribution in [0, 0.1) is 0 Å². The van der Waals surface area contributed by atoms with Crippen LogP contribution >= 0.6 is 0 Å². The number of hydrogen-bond donors (Lipinski definition) is 1. The topological polar surface area (TPSA) is 72.8 Å². The highest BCUT2D eigenvalue weighted by Crippen LogP contribution is 2.10. The minimum absolute atomic E-state index is 0.0999. The standard InChI is InChI=1S/C41H70O5/c1-3-5-7-9-11-13-15-17-19-20-22-23-25-27-29-31-33-35-40(43)45-38-39(37-42)46-41(44)36-34-32-30-28-26-24-21-18-16-14-12-10-8-6-4-2/h12,14,17-19,21-23,27,29,39,42H,3-11,13,15-16,20,24-26,28,30-38H2,1-2H3. The zero-order chi connectivity index (χ0) is 33.6. The van der Waals surface area contributed by atoms with Gasteiger partial charge in [0.2, 0.25) is 0 Å². The molecule has 5 heteroatoms. The summed E-state index contributed by atoms with van der Waals surface area (Å²) in [5.74, 6) is -0.673. The first kappa shape index (κ1) is 43.6. The lowest BCUT2D eigenvalue weighted by Crippen LogP contribution is -2.28. The molecule has 0 saturated heterocycles. The van der Waals surface area contributed by atoms with E-state index in [9.17, 15) is 14.7 Å². The predicted molar refractivity (Wildman–Crippen MR) is 196 cm³/mol. The summed E-state index contributed by atoms with van der Waals surface area (Å²) in [6.45, 7) is 4.03. The van der Waals surface area contributed by atoms with E-state index in [1.54, 1.807) is 0 Å². The second-order valence-corrected chi connectivity index (χ2v) is 12.3. The molecule has 1 unspecified atom stereocenters. The SMILES string of the molecule is CCCCCC=CCC=CCCCCCCCC(=O)OC(CO)COC(=O)CCCC=CCC=CCC=CCCCCCCCC. The smallest absolute Gasteiger partial charge is 0.306 e. The molecular formula is C41H70O5. The highest BCUT2D eigenvalue weighted by molar-refractivity contribution is 5.70. The van der Waals surface area contributed by atoms with Crippen molar-refractivity contribution in [3.05, 3.63) is 60.8 Å². The van der Waals surface area contributed by atoms with Crippen molar-refractivity contribution in [1.29, 1.82) is 0 Å². The summed E-state index contributed by atoms with van der Waals surface area (Å²) in [6, 6.07) is 0. The van der Waals surface area contributed by atoms with Crippen LogP contribution in [0.1, 0.15) is 168 Å². The molecule has 0 aliphatic carbocycles. The van der Waals surface area contributed by atoms with E-state index in [1.165, 1.54) is 77.0 Å². The number of allylic oxidation sites excluding steroid dienone is 10. The van der Waals surface area contributed by atoms with E-state index in [1.807, 2.05) is 0 Å². The molecule has 0 radical (unpaired) electrons. The summed E-state index contributed by atoms with van der Waals surface area (Å²) in [4.78, 5) is 24.2. The Kier molecular flexibility index (Phi) is 35.1. The van der Waals surface area contributed by atoms with Gasteiger partial charge in [0.25, 0.3) is 0 Å². The number of carbonyl (C=O) groups is 2. The van der Waals surface area contributed by atoms with Gasteiger partial charge in [-0.05, 0) is 77.0 Å². The van der Waals surface area contributed by atoms with Crippen molar-refractivity contribution in [2.75, 3.05) is 13.2 Å². The van der Waals surface area contributed by atoms with E-state index in [0.717, 1.165) is 57.8 Å². The molecule has 0 bridgehead atoms. The number of rotatable bonds is 33. The third-order valence-electron chi connectivity index (χ3n) is 7.78. The second kappa shape index (κ2) is 37.1. The summed E-state index contributed by atoms with van der Waals surface area (Å²) in [7, 11) is 0. The normalized spacial score (nSPS) is 12.8. The Labute approximate surface area is 283 Å². The van der Waals surface area contributed by atoms with Gasteiger partial charge in [-0.2, -0.15) is 0 Å². The van der Waals surface area contributed by atoms with E-state index < -0.39 is 6.10 Å². The van der Waals surface area contributed by atoms with Gasteiger partial charge in [0.05, 0.1) is 6.61 Å². The van der Waals surface area contributed by atoms with Crippen molar-refractivity contribution in [2.45, 2.75) is 174 Å². The van der Waals surface area contributed by atoms with E-state index in [-0.39, 0.29) is 25.2 Å². The maximum Gasteiger partial charge on any atom is 0.306 e. The fourth-order valence-corrected chi connectivity index (χ4v) is 4.89. The Balaban J connectivity index is 3.70. The van der Waals surface area contributed by atoms with Crippen LogP contribution in [0.2, 0.25) is 0 Å². The van der Waals surface area contributed by atoms with E-state index in [0.29, 0.717) is 19.3 Å². The predicted octanol–water partition coefficient (Wildman–Crippen LogP) is 11.6. The first-order chi connectivity index (χ1) is 22.6. The van der Waals surface area contributed by atoms with Crippen molar-refractivity contribution < 1.29 is 24.2 Å². The monoisotopic (exact) mass is 643 g/mol. The Hall–Kier alpha value is -2.40. The van der Waals surface area contributed by atoms with E-state index in [2.05, 4.69) is 74.6 Å². The minimum Gasteiger partial charge on any atom is -0.462 e. The average molecular weight is 643 g/mol. The van der Waals surface area contributed by atoms with Crippen molar-refractivity contribution in [3.63, 3.8) is 0 Å². The quantitative estimate of drug-likeness (QED) is 0.0438. The van der Waals surface area contributed by atoms with Gasteiger partial charge in [0.15, 0.2) is 6.10 Å². The maximum atomic E-state index is 12.1. The molecule has 0 spiro atoms. The van der Waals surface area contributed by atoms with Crippen LogP contribution < -0.4 is 0 Å². The Morgan fingerprint density at radius 1 is 0.500 bits per heavy atom. The third kappa shape index (κ3) is 34.5.